The highest BCUT2D eigenvalue weighted by Crippen LogP contribution is 2.62. The van der Waals surface area contributed by atoms with E-state index < -0.39 is 0 Å². The molecular weight excluding hydrogens is 528 g/mol. The van der Waals surface area contributed by atoms with Crippen molar-refractivity contribution in [3.05, 3.63) is 144 Å². The molecule has 0 N–H and O–H groups in total. The van der Waals surface area contributed by atoms with Gasteiger partial charge in [0.15, 0.2) is 0 Å². The van der Waals surface area contributed by atoms with Crippen molar-refractivity contribution in [1.82, 2.24) is 0 Å². The summed E-state index contributed by atoms with van der Waals surface area (Å²) in [5, 5.41) is 3.12. The van der Waals surface area contributed by atoms with E-state index in [0.717, 1.165) is 0 Å². The third kappa shape index (κ3) is 3.19. The normalized spacial score (nSPS) is 18.1. The molecule has 0 unspecified atom stereocenters. The molecule has 0 aliphatic heterocycles. The van der Waals surface area contributed by atoms with Gasteiger partial charge in [-0.15, -0.1) is 0 Å². The second kappa shape index (κ2) is 9.05. The van der Waals surface area contributed by atoms with E-state index in [0.29, 0.717) is 0 Å². The molecule has 0 atom stereocenters. The second-order valence-electron chi connectivity index (χ2n) is 13.9. The maximum Gasteiger partial charge on any atom is 0.0215 e. The second-order valence-corrected chi connectivity index (χ2v) is 13.9. The van der Waals surface area contributed by atoms with Gasteiger partial charge in [-0.25, -0.2) is 0 Å². The van der Waals surface area contributed by atoms with Gasteiger partial charge in [0.2, 0.25) is 0 Å². The van der Waals surface area contributed by atoms with Gasteiger partial charge in [-0.2, -0.15) is 0 Å². The molecule has 6 aromatic rings. The molecule has 44 heavy (non-hydrogen) atoms. The van der Waals surface area contributed by atoms with Crippen molar-refractivity contribution in [3.8, 4) is 44.5 Å². The third-order valence-electron chi connectivity index (χ3n) is 12.0. The molecule has 0 aromatic heterocycles. The lowest BCUT2D eigenvalue weighted by atomic mass is 9.60. The average Bonchev–Trinajstić information content (AvgIpc) is 3.79. The lowest BCUT2D eigenvalue weighted by Gasteiger charge is -2.43. The molecule has 212 valence electrons. The number of rotatable bonds is 2. The van der Waals surface area contributed by atoms with E-state index in [-0.39, 0.29) is 10.8 Å². The van der Waals surface area contributed by atoms with Gasteiger partial charge in [-0.1, -0.05) is 135 Å². The van der Waals surface area contributed by atoms with Gasteiger partial charge in [0.1, 0.15) is 0 Å². The Morgan fingerprint density at radius 3 is 1.11 bits per heavy atom. The number of hydrogen-bond donors (Lipinski definition) is 0. The fourth-order valence-corrected chi connectivity index (χ4v) is 10.0. The van der Waals surface area contributed by atoms with Crippen LogP contribution in [0.4, 0.5) is 0 Å². The van der Waals surface area contributed by atoms with Crippen LogP contribution < -0.4 is 0 Å². The van der Waals surface area contributed by atoms with E-state index in [1.807, 2.05) is 0 Å². The molecule has 0 nitrogen and oxygen atoms in total. The fourth-order valence-electron chi connectivity index (χ4n) is 10.0. The topological polar surface area (TPSA) is 0 Å². The first kappa shape index (κ1) is 25.0. The Hall–Kier alpha value is -4.42. The number of fused-ring (bicyclic) bond motifs is 8. The Morgan fingerprint density at radius 2 is 0.705 bits per heavy atom. The van der Waals surface area contributed by atoms with Crippen LogP contribution in [0, 0.1) is 0 Å². The van der Waals surface area contributed by atoms with Gasteiger partial charge in [-0.3, -0.25) is 0 Å². The van der Waals surface area contributed by atoms with E-state index in [9.17, 15) is 0 Å². The predicted molar refractivity (Wildman–Crippen MR) is 184 cm³/mol. The van der Waals surface area contributed by atoms with E-state index >= 15 is 0 Å². The molecule has 2 spiro atoms. The highest BCUT2D eigenvalue weighted by Gasteiger charge is 2.48. The van der Waals surface area contributed by atoms with Gasteiger partial charge in [-0.05, 0) is 115 Å². The lowest BCUT2D eigenvalue weighted by Crippen LogP contribution is -2.31. The Bertz CT molecular complexity index is 1950. The minimum absolute atomic E-state index is 0.102. The smallest absolute Gasteiger partial charge is 0.0215 e. The summed E-state index contributed by atoms with van der Waals surface area (Å²) in [6.07, 6.45) is 10.2. The summed E-state index contributed by atoms with van der Waals surface area (Å²) in [4.78, 5) is 0. The molecule has 0 heterocycles. The molecule has 10 rings (SSSR count). The standard InChI is InChI=1S/C44H36/c1-3-11-29(12-4-1)31-15-17-33-35-19-20-36-34-18-16-32(30-13-5-2-6-14-30)28-40(34)44(25-9-10-26-44)38-22-21-37(41(35)42(36)38)43(39(33)27-31)23-7-8-24-43/h1-6,11-22,27-28H,7-10,23-26H2. The largest absolute Gasteiger partial charge is 0.0622 e. The summed E-state index contributed by atoms with van der Waals surface area (Å²) in [7, 11) is 0. The molecule has 2 saturated carbocycles. The van der Waals surface area contributed by atoms with Crippen molar-refractivity contribution < 1.29 is 0 Å². The maximum absolute atomic E-state index is 2.60. The maximum atomic E-state index is 2.60. The molecule has 4 aliphatic carbocycles. The Labute approximate surface area is 260 Å². The number of hydrogen-bond acceptors (Lipinski definition) is 0. The predicted octanol–water partition coefficient (Wildman–Crippen LogP) is 11.9. The van der Waals surface area contributed by atoms with Crippen LogP contribution in [0.3, 0.4) is 0 Å². The van der Waals surface area contributed by atoms with Gasteiger partial charge in [0.25, 0.3) is 0 Å². The molecule has 0 amide bonds. The van der Waals surface area contributed by atoms with Gasteiger partial charge < -0.3 is 0 Å². The molecule has 6 aromatic carbocycles. The summed E-state index contributed by atoms with van der Waals surface area (Å²) in [5.74, 6) is 0. The van der Waals surface area contributed by atoms with Crippen molar-refractivity contribution in [2.75, 3.05) is 0 Å². The zero-order valence-corrected chi connectivity index (χ0v) is 25.2. The third-order valence-corrected chi connectivity index (χ3v) is 12.0. The van der Waals surface area contributed by atoms with Crippen molar-refractivity contribution >= 4 is 10.8 Å². The quantitative estimate of drug-likeness (QED) is 0.196. The Balaban J connectivity index is 1.27. The SMILES string of the molecule is c1ccc(-c2ccc3c(c2)C2(CCCC2)c2ccc4c5c(ccc-3c25)-c2ccc(-c3ccccc3)cc2C42CCCC2)cc1. The van der Waals surface area contributed by atoms with Crippen molar-refractivity contribution in [2.24, 2.45) is 0 Å². The first-order valence-corrected chi connectivity index (χ1v) is 16.8. The van der Waals surface area contributed by atoms with Crippen LogP contribution in [0.15, 0.2) is 121 Å². The monoisotopic (exact) mass is 564 g/mol. The highest BCUT2D eigenvalue weighted by atomic mass is 14.5. The van der Waals surface area contributed by atoms with Gasteiger partial charge in [0, 0.05) is 10.8 Å². The van der Waals surface area contributed by atoms with Crippen molar-refractivity contribution in [1.29, 1.82) is 0 Å². The van der Waals surface area contributed by atoms with E-state index in [1.165, 1.54) is 95.9 Å². The summed E-state index contributed by atoms with van der Waals surface area (Å²) < 4.78 is 0. The molecule has 4 aliphatic rings. The van der Waals surface area contributed by atoms with Crippen molar-refractivity contribution in [2.45, 2.75) is 62.2 Å². The minimum Gasteiger partial charge on any atom is -0.0622 e. The zero-order chi connectivity index (χ0) is 28.9. The van der Waals surface area contributed by atoms with Crippen molar-refractivity contribution in [3.63, 3.8) is 0 Å². The van der Waals surface area contributed by atoms with Crippen LogP contribution in [-0.2, 0) is 10.8 Å². The van der Waals surface area contributed by atoms with Crippen LogP contribution in [0.5, 0.6) is 0 Å². The molecule has 0 heteroatoms. The minimum atomic E-state index is 0.102. The molecular formula is C44H36. The number of benzene rings is 6. The molecule has 2 fully saturated rings. The Kier molecular flexibility index (Phi) is 5.14. The first-order chi connectivity index (χ1) is 21.8. The van der Waals surface area contributed by atoms with Crippen LogP contribution >= 0.6 is 0 Å². The Morgan fingerprint density at radius 1 is 0.318 bits per heavy atom. The summed E-state index contributed by atoms with van der Waals surface area (Å²) >= 11 is 0. The molecule has 0 radical (unpaired) electrons. The van der Waals surface area contributed by atoms with E-state index in [1.54, 1.807) is 33.0 Å². The highest BCUT2D eigenvalue weighted by molar-refractivity contribution is 6.13. The fraction of sp³-hybridized carbons (Fsp3) is 0.227. The summed E-state index contributed by atoms with van der Waals surface area (Å²) in [6.45, 7) is 0. The lowest BCUT2D eigenvalue weighted by molar-refractivity contribution is 0.529. The van der Waals surface area contributed by atoms with E-state index in [4.69, 9.17) is 0 Å². The molecule has 0 saturated heterocycles. The molecule has 0 bridgehead atoms. The van der Waals surface area contributed by atoms with Crippen LogP contribution in [0.25, 0.3) is 55.3 Å². The zero-order valence-electron chi connectivity index (χ0n) is 25.2. The van der Waals surface area contributed by atoms with Crippen LogP contribution in [0.1, 0.15) is 73.6 Å². The van der Waals surface area contributed by atoms with Crippen LogP contribution in [-0.4, -0.2) is 0 Å². The van der Waals surface area contributed by atoms with Gasteiger partial charge >= 0.3 is 0 Å². The van der Waals surface area contributed by atoms with Crippen LogP contribution in [0.2, 0.25) is 0 Å². The summed E-state index contributed by atoms with van der Waals surface area (Å²) in [6, 6.07) is 46.8. The summed E-state index contributed by atoms with van der Waals surface area (Å²) in [5.41, 5.74) is 17.7. The average molecular weight is 565 g/mol. The van der Waals surface area contributed by atoms with E-state index in [2.05, 4.69) is 121 Å². The first-order valence-electron chi connectivity index (χ1n) is 16.8. The van der Waals surface area contributed by atoms with Gasteiger partial charge in [0.05, 0.1) is 0 Å².